The Hall–Kier alpha value is -0.340. The molecule has 2 nitrogen and oxygen atoms in total. The minimum absolute atomic E-state index is 0.790. The van der Waals surface area contributed by atoms with Crippen LogP contribution in [0.25, 0.3) is 0 Å². The number of hydrogen-bond donors (Lipinski definition) is 1. The molecule has 1 saturated carbocycles. The van der Waals surface area contributed by atoms with Gasteiger partial charge >= 0.3 is 0 Å². The highest BCUT2D eigenvalue weighted by Crippen LogP contribution is 2.33. The maximum atomic E-state index is 3.77. The lowest BCUT2D eigenvalue weighted by atomic mass is 10.1. The van der Waals surface area contributed by atoms with E-state index < -0.39 is 0 Å². The molecule has 1 aliphatic carbocycles. The van der Waals surface area contributed by atoms with Gasteiger partial charge in [0, 0.05) is 32.2 Å². The molecule has 1 atom stereocenters. The molecule has 1 saturated heterocycles. The lowest BCUT2D eigenvalue weighted by molar-refractivity contribution is 0.191. The van der Waals surface area contributed by atoms with Crippen molar-refractivity contribution in [3.05, 3.63) is 12.7 Å². The molecule has 2 fully saturated rings. The molecule has 1 aliphatic heterocycles. The molecule has 13 heavy (non-hydrogen) atoms. The summed E-state index contributed by atoms with van der Waals surface area (Å²) < 4.78 is 0. The Kier molecular flexibility index (Phi) is 3.01. The van der Waals surface area contributed by atoms with E-state index in [1.807, 2.05) is 6.08 Å². The average Bonchev–Trinajstić information content (AvgIpc) is 2.98. The van der Waals surface area contributed by atoms with Crippen molar-refractivity contribution < 1.29 is 0 Å². The summed E-state index contributed by atoms with van der Waals surface area (Å²) >= 11 is 0. The zero-order valence-electron chi connectivity index (χ0n) is 8.34. The fourth-order valence-corrected chi connectivity index (χ4v) is 2.13. The lowest BCUT2D eigenvalue weighted by Gasteiger charge is -2.33. The normalized spacial score (nSPS) is 30.3. The van der Waals surface area contributed by atoms with Crippen molar-refractivity contribution in [2.24, 2.45) is 5.92 Å². The molecule has 1 N–H and O–H groups in total. The fraction of sp³-hybridized carbons (Fsp3) is 0.818. The number of nitrogens with one attached hydrogen (secondary N) is 1. The quantitative estimate of drug-likeness (QED) is 0.655. The van der Waals surface area contributed by atoms with Gasteiger partial charge in [-0.05, 0) is 25.2 Å². The summed E-state index contributed by atoms with van der Waals surface area (Å²) in [5.41, 5.74) is 0. The molecular weight excluding hydrogens is 160 g/mol. The fourth-order valence-electron chi connectivity index (χ4n) is 2.13. The first-order chi connectivity index (χ1) is 6.40. The summed E-state index contributed by atoms with van der Waals surface area (Å²) in [5, 5.41) is 3.62. The van der Waals surface area contributed by atoms with Crippen molar-refractivity contribution >= 4 is 0 Å². The average molecular weight is 180 g/mol. The molecule has 0 aromatic carbocycles. The van der Waals surface area contributed by atoms with Gasteiger partial charge in [-0.25, -0.2) is 0 Å². The molecular formula is C11H20N2. The Morgan fingerprint density at radius 3 is 3.00 bits per heavy atom. The van der Waals surface area contributed by atoms with Gasteiger partial charge in [-0.2, -0.15) is 0 Å². The van der Waals surface area contributed by atoms with Crippen molar-refractivity contribution in [3.63, 3.8) is 0 Å². The molecule has 74 valence electrons. The number of hydrogen-bond acceptors (Lipinski definition) is 2. The SMILES string of the molecule is C=CCCN1CCNC(C2CC2)C1. The van der Waals surface area contributed by atoms with E-state index >= 15 is 0 Å². The monoisotopic (exact) mass is 180 g/mol. The van der Waals surface area contributed by atoms with Gasteiger partial charge in [0.25, 0.3) is 0 Å². The smallest absolute Gasteiger partial charge is 0.0223 e. The second kappa shape index (κ2) is 4.25. The highest BCUT2D eigenvalue weighted by atomic mass is 15.2. The van der Waals surface area contributed by atoms with E-state index in [-0.39, 0.29) is 0 Å². The van der Waals surface area contributed by atoms with Crippen LogP contribution in [0.4, 0.5) is 0 Å². The summed E-state index contributed by atoms with van der Waals surface area (Å²) in [4.78, 5) is 2.57. The maximum Gasteiger partial charge on any atom is 0.0223 e. The van der Waals surface area contributed by atoms with Crippen molar-refractivity contribution in [1.29, 1.82) is 0 Å². The zero-order valence-corrected chi connectivity index (χ0v) is 8.34. The van der Waals surface area contributed by atoms with Gasteiger partial charge in [0.1, 0.15) is 0 Å². The Bertz CT molecular complexity index is 175. The van der Waals surface area contributed by atoms with Crippen LogP contribution in [0.15, 0.2) is 12.7 Å². The van der Waals surface area contributed by atoms with Crippen LogP contribution < -0.4 is 5.32 Å². The molecule has 2 heteroatoms. The van der Waals surface area contributed by atoms with E-state index in [0.29, 0.717) is 0 Å². The van der Waals surface area contributed by atoms with Gasteiger partial charge in [-0.3, -0.25) is 0 Å². The van der Waals surface area contributed by atoms with Crippen LogP contribution in [0.1, 0.15) is 19.3 Å². The highest BCUT2D eigenvalue weighted by molar-refractivity contribution is 4.91. The van der Waals surface area contributed by atoms with Crippen molar-refractivity contribution in [3.8, 4) is 0 Å². The predicted molar refractivity (Wildman–Crippen MR) is 55.8 cm³/mol. The van der Waals surface area contributed by atoms with Crippen LogP contribution in [0, 0.1) is 5.92 Å². The Morgan fingerprint density at radius 2 is 2.31 bits per heavy atom. The van der Waals surface area contributed by atoms with Crippen LogP contribution in [-0.4, -0.2) is 37.1 Å². The molecule has 0 radical (unpaired) electrons. The first-order valence-corrected chi connectivity index (χ1v) is 5.47. The largest absolute Gasteiger partial charge is 0.311 e. The summed E-state index contributed by atoms with van der Waals surface area (Å²) in [5.74, 6) is 0.992. The summed E-state index contributed by atoms with van der Waals surface area (Å²) in [6, 6.07) is 0.790. The molecule has 0 amide bonds. The van der Waals surface area contributed by atoms with Crippen LogP contribution in [0.5, 0.6) is 0 Å². The highest BCUT2D eigenvalue weighted by Gasteiger charge is 2.33. The Morgan fingerprint density at radius 1 is 1.46 bits per heavy atom. The van der Waals surface area contributed by atoms with Gasteiger partial charge in [0.2, 0.25) is 0 Å². The predicted octanol–water partition coefficient (Wildman–Crippen LogP) is 1.25. The van der Waals surface area contributed by atoms with E-state index in [9.17, 15) is 0 Å². The Balaban J connectivity index is 1.74. The first kappa shape index (κ1) is 9.22. The van der Waals surface area contributed by atoms with E-state index in [4.69, 9.17) is 0 Å². The third-order valence-corrected chi connectivity index (χ3v) is 3.13. The third kappa shape index (κ3) is 2.55. The van der Waals surface area contributed by atoms with Crippen molar-refractivity contribution in [2.45, 2.75) is 25.3 Å². The van der Waals surface area contributed by atoms with Crippen LogP contribution in [0.3, 0.4) is 0 Å². The third-order valence-electron chi connectivity index (χ3n) is 3.13. The van der Waals surface area contributed by atoms with Crippen LogP contribution in [-0.2, 0) is 0 Å². The second-order valence-electron chi connectivity index (χ2n) is 4.28. The number of rotatable bonds is 4. The van der Waals surface area contributed by atoms with E-state index in [2.05, 4.69) is 16.8 Å². The summed E-state index contributed by atoms with van der Waals surface area (Å²) in [7, 11) is 0. The van der Waals surface area contributed by atoms with Gasteiger partial charge in [0.15, 0.2) is 0 Å². The number of piperazine rings is 1. The van der Waals surface area contributed by atoms with Gasteiger partial charge in [-0.1, -0.05) is 6.08 Å². The minimum atomic E-state index is 0.790. The van der Waals surface area contributed by atoms with Crippen molar-refractivity contribution in [1.82, 2.24) is 10.2 Å². The van der Waals surface area contributed by atoms with E-state index in [1.165, 1.54) is 39.0 Å². The Labute approximate surface area is 81.0 Å². The standard InChI is InChI=1S/C11H20N2/c1-2-3-7-13-8-6-12-11(9-13)10-4-5-10/h2,10-12H,1,3-9H2. The summed E-state index contributed by atoms with van der Waals surface area (Å²) in [6.07, 6.45) is 6.06. The minimum Gasteiger partial charge on any atom is -0.311 e. The van der Waals surface area contributed by atoms with Gasteiger partial charge in [-0.15, -0.1) is 6.58 Å². The molecule has 0 aromatic heterocycles. The molecule has 0 spiro atoms. The van der Waals surface area contributed by atoms with Crippen molar-refractivity contribution in [2.75, 3.05) is 26.2 Å². The van der Waals surface area contributed by atoms with E-state index in [0.717, 1.165) is 18.4 Å². The zero-order chi connectivity index (χ0) is 9.10. The van der Waals surface area contributed by atoms with Gasteiger partial charge in [0.05, 0.1) is 0 Å². The second-order valence-corrected chi connectivity index (χ2v) is 4.28. The maximum absolute atomic E-state index is 3.77. The molecule has 1 heterocycles. The molecule has 0 aromatic rings. The first-order valence-electron chi connectivity index (χ1n) is 5.47. The number of nitrogens with zero attached hydrogens (tertiary/aromatic N) is 1. The molecule has 2 aliphatic rings. The van der Waals surface area contributed by atoms with Crippen LogP contribution >= 0.6 is 0 Å². The van der Waals surface area contributed by atoms with E-state index in [1.54, 1.807) is 0 Å². The van der Waals surface area contributed by atoms with Crippen LogP contribution in [0.2, 0.25) is 0 Å². The molecule has 1 unspecified atom stereocenters. The molecule has 2 rings (SSSR count). The van der Waals surface area contributed by atoms with Gasteiger partial charge < -0.3 is 10.2 Å². The lowest BCUT2D eigenvalue weighted by Crippen LogP contribution is -2.51. The topological polar surface area (TPSA) is 15.3 Å². The summed E-state index contributed by atoms with van der Waals surface area (Å²) in [6.45, 7) is 8.63. The molecule has 0 bridgehead atoms.